The molecule has 1 N–H and O–H groups in total. The molecule has 0 heterocycles. The Kier molecular flexibility index (Phi) is 3.65. The van der Waals surface area contributed by atoms with Gasteiger partial charge < -0.3 is 5.32 Å². The summed E-state index contributed by atoms with van der Waals surface area (Å²) in [6.07, 6.45) is 4.08. The summed E-state index contributed by atoms with van der Waals surface area (Å²) >= 11 is 0. The topological polar surface area (TPSA) is 12.0 Å². The number of hydrogen-bond acceptors (Lipinski definition) is 1. The summed E-state index contributed by atoms with van der Waals surface area (Å²) in [4.78, 5) is 0. The van der Waals surface area contributed by atoms with Crippen LogP contribution in [0.25, 0.3) is 0 Å². The van der Waals surface area contributed by atoms with Crippen molar-refractivity contribution in [1.82, 2.24) is 5.32 Å². The summed E-state index contributed by atoms with van der Waals surface area (Å²) in [6.45, 7) is 6.80. The summed E-state index contributed by atoms with van der Waals surface area (Å²) < 4.78 is 0. The highest BCUT2D eigenvalue weighted by Crippen LogP contribution is 2.27. The molecule has 2 rings (SSSR count). The highest BCUT2D eigenvalue weighted by molar-refractivity contribution is 5.24. The van der Waals surface area contributed by atoms with Gasteiger partial charge in [0.2, 0.25) is 0 Å². The van der Waals surface area contributed by atoms with E-state index in [9.17, 15) is 0 Å². The predicted octanol–water partition coefficient (Wildman–Crippen LogP) is 3.83. The number of rotatable bonds is 3. The molecular formula is C15H23N. The third kappa shape index (κ3) is 2.85. The third-order valence-electron chi connectivity index (χ3n) is 3.72. The molecule has 1 aliphatic rings. The van der Waals surface area contributed by atoms with Crippen molar-refractivity contribution in [1.29, 1.82) is 0 Å². The quantitative estimate of drug-likeness (QED) is 0.811. The van der Waals surface area contributed by atoms with Gasteiger partial charge in [-0.25, -0.2) is 0 Å². The monoisotopic (exact) mass is 217 g/mol. The van der Waals surface area contributed by atoms with E-state index in [1.54, 1.807) is 0 Å². The summed E-state index contributed by atoms with van der Waals surface area (Å²) in [5, 5.41) is 3.75. The van der Waals surface area contributed by atoms with Crippen molar-refractivity contribution >= 4 is 0 Å². The molecule has 0 radical (unpaired) electrons. The molecule has 1 heteroatoms. The van der Waals surface area contributed by atoms with Crippen molar-refractivity contribution < 1.29 is 0 Å². The summed E-state index contributed by atoms with van der Waals surface area (Å²) in [7, 11) is 0. The fourth-order valence-corrected chi connectivity index (χ4v) is 2.75. The number of benzene rings is 1. The number of aryl methyl sites for hydroxylation is 1. The van der Waals surface area contributed by atoms with E-state index in [4.69, 9.17) is 0 Å². The molecule has 1 aliphatic carbocycles. The minimum absolute atomic E-state index is 0.482. The van der Waals surface area contributed by atoms with Crippen LogP contribution >= 0.6 is 0 Å². The summed E-state index contributed by atoms with van der Waals surface area (Å²) in [6, 6.07) is 10.0. The highest BCUT2D eigenvalue weighted by Gasteiger charge is 2.22. The van der Waals surface area contributed by atoms with Gasteiger partial charge in [0.15, 0.2) is 0 Å². The van der Waals surface area contributed by atoms with Crippen molar-refractivity contribution in [2.45, 2.75) is 52.1 Å². The standard InChI is InChI=1S/C15H23N/c1-11-5-4-6-14(9-11)13(3)16-15-8-7-12(2)10-15/h4-6,9,12-13,15-16H,7-8,10H2,1-3H3. The average molecular weight is 217 g/mol. The zero-order valence-corrected chi connectivity index (χ0v) is 10.7. The van der Waals surface area contributed by atoms with E-state index in [1.807, 2.05) is 0 Å². The van der Waals surface area contributed by atoms with E-state index in [0.29, 0.717) is 6.04 Å². The van der Waals surface area contributed by atoms with Gasteiger partial charge in [-0.05, 0) is 44.6 Å². The molecular weight excluding hydrogens is 194 g/mol. The second-order valence-electron chi connectivity index (χ2n) is 5.42. The van der Waals surface area contributed by atoms with E-state index in [2.05, 4.69) is 50.4 Å². The van der Waals surface area contributed by atoms with E-state index in [0.717, 1.165) is 12.0 Å². The van der Waals surface area contributed by atoms with E-state index < -0.39 is 0 Å². The van der Waals surface area contributed by atoms with Crippen molar-refractivity contribution in [2.24, 2.45) is 5.92 Å². The lowest BCUT2D eigenvalue weighted by Gasteiger charge is -2.20. The maximum Gasteiger partial charge on any atom is 0.0294 e. The van der Waals surface area contributed by atoms with Gasteiger partial charge in [-0.2, -0.15) is 0 Å². The van der Waals surface area contributed by atoms with E-state index in [-0.39, 0.29) is 0 Å². The molecule has 1 aromatic rings. The fraction of sp³-hybridized carbons (Fsp3) is 0.600. The van der Waals surface area contributed by atoms with Gasteiger partial charge in [0, 0.05) is 12.1 Å². The smallest absolute Gasteiger partial charge is 0.0294 e. The predicted molar refractivity (Wildman–Crippen MR) is 69.5 cm³/mol. The lowest BCUT2D eigenvalue weighted by atomic mass is 10.0. The average Bonchev–Trinajstić information content (AvgIpc) is 2.64. The van der Waals surface area contributed by atoms with Crippen LogP contribution in [0.4, 0.5) is 0 Å². The van der Waals surface area contributed by atoms with E-state index in [1.165, 1.54) is 30.4 Å². The third-order valence-corrected chi connectivity index (χ3v) is 3.72. The Morgan fingerprint density at radius 2 is 2.12 bits per heavy atom. The van der Waals surface area contributed by atoms with Crippen LogP contribution in [0.2, 0.25) is 0 Å². The van der Waals surface area contributed by atoms with Crippen LogP contribution in [0.15, 0.2) is 24.3 Å². The zero-order valence-electron chi connectivity index (χ0n) is 10.7. The van der Waals surface area contributed by atoms with Gasteiger partial charge in [0.05, 0.1) is 0 Å². The molecule has 0 saturated heterocycles. The Hall–Kier alpha value is -0.820. The van der Waals surface area contributed by atoms with Crippen molar-refractivity contribution in [3.8, 4) is 0 Å². The van der Waals surface area contributed by atoms with Crippen LogP contribution in [-0.4, -0.2) is 6.04 Å². The maximum absolute atomic E-state index is 3.75. The lowest BCUT2D eigenvalue weighted by molar-refractivity contribution is 0.449. The second-order valence-corrected chi connectivity index (χ2v) is 5.42. The van der Waals surface area contributed by atoms with Gasteiger partial charge in [0.25, 0.3) is 0 Å². The first-order valence-electron chi connectivity index (χ1n) is 6.48. The molecule has 1 aromatic carbocycles. The molecule has 1 saturated carbocycles. The Bertz CT molecular complexity index is 345. The number of nitrogens with one attached hydrogen (secondary N) is 1. The maximum atomic E-state index is 3.75. The molecule has 0 amide bonds. The van der Waals surface area contributed by atoms with Gasteiger partial charge in [0.1, 0.15) is 0 Å². The zero-order chi connectivity index (χ0) is 11.5. The second kappa shape index (κ2) is 5.01. The Morgan fingerprint density at radius 3 is 2.75 bits per heavy atom. The van der Waals surface area contributed by atoms with Gasteiger partial charge in [-0.15, -0.1) is 0 Å². The normalized spacial score (nSPS) is 26.9. The Morgan fingerprint density at radius 1 is 1.31 bits per heavy atom. The first kappa shape index (κ1) is 11.7. The SMILES string of the molecule is Cc1cccc(C(C)NC2CCC(C)C2)c1. The fourth-order valence-electron chi connectivity index (χ4n) is 2.75. The van der Waals surface area contributed by atoms with Crippen molar-refractivity contribution in [3.05, 3.63) is 35.4 Å². The molecule has 16 heavy (non-hydrogen) atoms. The lowest BCUT2D eigenvalue weighted by Crippen LogP contribution is -2.29. The van der Waals surface area contributed by atoms with Crippen LogP contribution in [0, 0.1) is 12.8 Å². The first-order chi connectivity index (χ1) is 7.65. The van der Waals surface area contributed by atoms with Gasteiger partial charge in [-0.3, -0.25) is 0 Å². The molecule has 3 atom stereocenters. The van der Waals surface area contributed by atoms with Crippen molar-refractivity contribution in [3.63, 3.8) is 0 Å². The molecule has 1 fully saturated rings. The summed E-state index contributed by atoms with van der Waals surface area (Å²) in [5.41, 5.74) is 2.77. The molecule has 0 aliphatic heterocycles. The Labute approximate surface area is 99.3 Å². The number of hydrogen-bond donors (Lipinski definition) is 1. The molecule has 0 bridgehead atoms. The van der Waals surface area contributed by atoms with Crippen LogP contribution in [0.5, 0.6) is 0 Å². The van der Waals surface area contributed by atoms with Crippen LogP contribution in [0.1, 0.15) is 50.3 Å². The van der Waals surface area contributed by atoms with Crippen LogP contribution in [-0.2, 0) is 0 Å². The molecule has 0 aromatic heterocycles. The minimum atomic E-state index is 0.482. The Balaban J connectivity index is 1.95. The van der Waals surface area contributed by atoms with E-state index >= 15 is 0 Å². The first-order valence-corrected chi connectivity index (χ1v) is 6.48. The van der Waals surface area contributed by atoms with Gasteiger partial charge >= 0.3 is 0 Å². The molecule has 1 nitrogen and oxygen atoms in total. The van der Waals surface area contributed by atoms with Crippen LogP contribution < -0.4 is 5.32 Å². The largest absolute Gasteiger partial charge is 0.307 e. The van der Waals surface area contributed by atoms with Crippen LogP contribution in [0.3, 0.4) is 0 Å². The highest BCUT2D eigenvalue weighted by atomic mass is 14.9. The molecule has 3 unspecified atom stereocenters. The molecule has 0 spiro atoms. The minimum Gasteiger partial charge on any atom is -0.307 e. The van der Waals surface area contributed by atoms with Crippen molar-refractivity contribution in [2.75, 3.05) is 0 Å². The van der Waals surface area contributed by atoms with Gasteiger partial charge in [-0.1, -0.05) is 36.8 Å². The summed E-state index contributed by atoms with van der Waals surface area (Å²) in [5.74, 6) is 0.905. The molecule has 88 valence electrons.